The Morgan fingerprint density at radius 1 is 1.55 bits per heavy atom. The van der Waals surface area contributed by atoms with Crippen LogP contribution < -0.4 is 5.73 Å². The van der Waals surface area contributed by atoms with E-state index in [1.807, 2.05) is 0 Å². The minimum atomic E-state index is -3.74. The number of nitrogens with zero attached hydrogens (tertiary/aromatic N) is 1. The Kier molecular flexibility index (Phi) is 5.58. The number of halogens is 1. The second-order valence-corrected chi connectivity index (χ2v) is 6.08. The lowest BCUT2D eigenvalue weighted by Crippen LogP contribution is -2.39. The van der Waals surface area contributed by atoms with E-state index in [4.69, 9.17) is 10.2 Å². The zero-order valence-electron chi connectivity index (χ0n) is 10.9. The van der Waals surface area contributed by atoms with E-state index < -0.39 is 16.0 Å². The number of hydrogen-bond acceptors (Lipinski definition) is 6. The third-order valence-corrected chi connectivity index (χ3v) is 4.95. The Hall–Kier alpha value is -1.09. The molecule has 20 heavy (non-hydrogen) atoms. The standard InChI is InChI=1S/C11H16N2O5S.ClH/c1-17-11(14)9-4-5-10(18-9)19(15,16)13-6-2-3-8(13)7-12;/h4-5,8H,2-3,6-7,12H2,1H3;1H. The van der Waals surface area contributed by atoms with Crippen LogP contribution in [0.15, 0.2) is 21.6 Å². The van der Waals surface area contributed by atoms with Crippen LogP contribution in [-0.4, -0.2) is 44.9 Å². The molecule has 0 bridgehead atoms. The highest BCUT2D eigenvalue weighted by molar-refractivity contribution is 7.89. The summed E-state index contributed by atoms with van der Waals surface area (Å²) in [7, 11) is -2.54. The number of methoxy groups -OCH3 is 1. The van der Waals surface area contributed by atoms with Crippen LogP contribution in [-0.2, 0) is 14.8 Å². The maximum Gasteiger partial charge on any atom is 0.374 e. The van der Waals surface area contributed by atoms with E-state index in [1.165, 1.54) is 23.5 Å². The number of esters is 1. The minimum Gasteiger partial charge on any atom is -0.463 e. The van der Waals surface area contributed by atoms with Crippen molar-refractivity contribution in [3.8, 4) is 0 Å². The summed E-state index contributed by atoms with van der Waals surface area (Å²) in [5, 5.41) is -0.256. The second kappa shape index (κ2) is 6.57. The number of hydrogen-bond donors (Lipinski definition) is 1. The van der Waals surface area contributed by atoms with Crippen LogP contribution in [0.4, 0.5) is 0 Å². The topological polar surface area (TPSA) is 103 Å². The molecule has 1 aliphatic heterocycles. The Labute approximate surface area is 123 Å². The first-order chi connectivity index (χ1) is 9.00. The fraction of sp³-hybridized carbons (Fsp3) is 0.545. The summed E-state index contributed by atoms with van der Waals surface area (Å²) in [6, 6.07) is 2.33. The van der Waals surface area contributed by atoms with Crippen molar-refractivity contribution >= 4 is 28.4 Å². The fourth-order valence-electron chi connectivity index (χ4n) is 2.15. The minimum absolute atomic E-state index is 0. The highest BCUT2D eigenvalue weighted by atomic mass is 35.5. The van der Waals surface area contributed by atoms with Gasteiger partial charge in [0.1, 0.15) is 0 Å². The van der Waals surface area contributed by atoms with Gasteiger partial charge in [-0.15, -0.1) is 12.4 Å². The second-order valence-electron chi connectivity index (χ2n) is 4.26. The van der Waals surface area contributed by atoms with Crippen molar-refractivity contribution in [3.05, 3.63) is 17.9 Å². The van der Waals surface area contributed by atoms with Gasteiger partial charge >= 0.3 is 5.97 Å². The third-order valence-electron chi connectivity index (χ3n) is 3.13. The first kappa shape index (κ1) is 17.0. The number of rotatable bonds is 4. The first-order valence-corrected chi connectivity index (χ1v) is 7.34. The van der Waals surface area contributed by atoms with Crippen molar-refractivity contribution < 1.29 is 22.4 Å². The van der Waals surface area contributed by atoms with E-state index in [2.05, 4.69) is 4.74 Å². The van der Waals surface area contributed by atoms with Gasteiger partial charge in [-0.25, -0.2) is 13.2 Å². The maximum absolute atomic E-state index is 12.4. The van der Waals surface area contributed by atoms with Crippen LogP contribution in [0, 0.1) is 0 Å². The largest absolute Gasteiger partial charge is 0.463 e. The molecule has 1 atom stereocenters. The molecule has 114 valence electrons. The van der Waals surface area contributed by atoms with Crippen LogP contribution in [0.2, 0.25) is 0 Å². The fourth-order valence-corrected chi connectivity index (χ4v) is 3.77. The van der Waals surface area contributed by atoms with Gasteiger partial charge in [-0.3, -0.25) is 0 Å². The molecule has 1 aromatic heterocycles. The Bertz CT molecular complexity index is 571. The van der Waals surface area contributed by atoms with Gasteiger partial charge in [0.25, 0.3) is 10.0 Å². The molecule has 7 nitrogen and oxygen atoms in total. The summed E-state index contributed by atoms with van der Waals surface area (Å²) in [6.07, 6.45) is 1.51. The number of furan rings is 1. The number of ether oxygens (including phenoxy) is 1. The van der Waals surface area contributed by atoms with Crippen molar-refractivity contribution in [2.75, 3.05) is 20.2 Å². The van der Waals surface area contributed by atoms with Crippen LogP contribution in [0.3, 0.4) is 0 Å². The van der Waals surface area contributed by atoms with Gasteiger partial charge < -0.3 is 14.9 Å². The summed E-state index contributed by atoms with van der Waals surface area (Å²) >= 11 is 0. The summed E-state index contributed by atoms with van der Waals surface area (Å²) < 4.78 is 35.6. The van der Waals surface area contributed by atoms with Gasteiger partial charge in [0, 0.05) is 19.1 Å². The summed E-state index contributed by atoms with van der Waals surface area (Å²) in [6.45, 7) is 0.683. The normalized spacial score (nSPS) is 19.6. The molecule has 2 heterocycles. The molecular formula is C11H17ClN2O5S. The summed E-state index contributed by atoms with van der Waals surface area (Å²) in [4.78, 5) is 11.3. The molecule has 0 aliphatic carbocycles. The Morgan fingerprint density at radius 2 is 2.25 bits per heavy atom. The van der Waals surface area contributed by atoms with Gasteiger partial charge in [0.2, 0.25) is 10.9 Å². The average molecular weight is 325 g/mol. The van der Waals surface area contributed by atoms with Crippen LogP contribution in [0.1, 0.15) is 23.4 Å². The number of carbonyl (C=O) groups excluding carboxylic acids is 1. The molecule has 9 heteroatoms. The predicted molar refractivity (Wildman–Crippen MR) is 73.3 cm³/mol. The molecule has 1 aromatic rings. The van der Waals surface area contributed by atoms with Crippen LogP contribution >= 0.6 is 12.4 Å². The van der Waals surface area contributed by atoms with E-state index in [1.54, 1.807) is 0 Å². The molecule has 0 amide bonds. The quantitative estimate of drug-likeness (QED) is 0.813. The molecular weight excluding hydrogens is 308 g/mol. The van der Waals surface area contributed by atoms with E-state index in [9.17, 15) is 13.2 Å². The van der Waals surface area contributed by atoms with Crippen molar-refractivity contribution in [1.82, 2.24) is 4.31 Å². The molecule has 2 rings (SSSR count). The van der Waals surface area contributed by atoms with Crippen molar-refractivity contribution in [2.45, 2.75) is 24.0 Å². The molecule has 0 spiro atoms. The monoisotopic (exact) mass is 324 g/mol. The molecule has 1 saturated heterocycles. The third kappa shape index (κ3) is 2.98. The molecule has 0 radical (unpaired) electrons. The lowest BCUT2D eigenvalue weighted by Gasteiger charge is -2.21. The van der Waals surface area contributed by atoms with Gasteiger partial charge in [-0.05, 0) is 25.0 Å². The first-order valence-electron chi connectivity index (χ1n) is 5.90. The van der Waals surface area contributed by atoms with Crippen molar-refractivity contribution in [2.24, 2.45) is 5.73 Å². The Balaban J connectivity index is 0.00000200. The summed E-state index contributed by atoms with van der Waals surface area (Å²) in [5.41, 5.74) is 5.56. The van der Waals surface area contributed by atoms with E-state index in [-0.39, 0.29) is 35.8 Å². The molecule has 2 N–H and O–H groups in total. The number of carbonyl (C=O) groups is 1. The molecule has 1 fully saturated rings. The zero-order chi connectivity index (χ0) is 14.0. The molecule has 0 saturated carbocycles. The highest BCUT2D eigenvalue weighted by Crippen LogP contribution is 2.26. The van der Waals surface area contributed by atoms with E-state index in [0.29, 0.717) is 6.54 Å². The maximum atomic E-state index is 12.4. The van der Waals surface area contributed by atoms with Crippen molar-refractivity contribution in [3.63, 3.8) is 0 Å². The van der Waals surface area contributed by atoms with Crippen molar-refractivity contribution in [1.29, 1.82) is 0 Å². The van der Waals surface area contributed by atoms with Crippen LogP contribution in [0.5, 0.6) is 0 Å². The Morgan fingerprint density at radius 3 is 2.85 bits per heavy atom. The smallest absolute Gasteiger partial charge is 0.374 e. The average Bonchev–Trinajstić information content (AvgIpc) is 3.06. The number of nitrogens with two attached hydrogens (primary N) is 1. The molecule has 0 aromatic carbocycles. The predicted octanol–water partition coefficient (Wildman–Crippen LogP) is 0.600. The van der Waals surface area contributed by atoms with Gasteiger partial charge in [-0.1, -0.05) is 0 Å². The lowest BCUT2D eigenvalue weighted by molar-refractivity contribution is 0.0558. The highest BCUT2D eigenvalue weighted by Gasteiger charge is 2.36. The molecule has 1 aliphatic rings. The van der Waals surface area contributed by atoms with Crippen LogP contribution in [0.25, 0.3) is 0 Å². The van der Waals surface area contributed by atoms with Gasteiger partial charge in [0.15, 0.2) is 0 Å². The van der Waals surface area contributed by atoms with Gasteiger partial charge in [-0.2, -0.15) is 4.31 Å². The SMILES string of the molecule is COC(=O)c1ccc(S(=O)(=O)N2CCCC2CN)o1.Cl. The lowest BCUT2D eigenvalue weighted by atomic mass is 10.2. The van der Waals surface area contributed by atoms with E-state index in [0.717, 1.165) is 12.8 Å². The van der Waals surface area contributed by atoms with E-state index >= 15 is 0 Å². The summed E-state index contributed by atoms with van der Waals surface area (Å²) in [5.74, 6) is -0.845. The van der Waals surface area contributed by atoms with Gasteiger partial charge in [0.05, 0.1) is 7.11 Å². The molecule has 1 unspecified atom stereocenters. The zero-order valence-corrected chi connectivity index (χ0v) is 12.6. The number of sulfonamides is 1.